The van der Waals surface area contributed by atoms with Gasteiger partial charge in [-0.15, -0.1) is 11.3 Å². The molecule has 1 aromatic rings. The summed E-state index contributed by atoms with van der Waals surface area (Å²) in [5.74, 6) is 0.830. The molecule has 0 aliphatic carbocycles. The normalized spacial score (nSPS) is 28.3. The average Bonchev–Trinajstić information content (AvgIpc) is 2.78. The molecule has 1 aliphatic heterocycles. The quantitative estimate of drug-likeness (QED) is 0.898. The summed E-state index contributed by atoms with van der Waals surface area (Å²) in [5, 5.41) is 0. The van der Waals surface area contributed by atoms with Crippen LogP contribution in [0, 0.1) is 5.92 Å². The molecule has 4 unspecified atom stereocenters. The van der Waals surface area contributed by atoms with Crippen molar-refractivity contribution in [2.75, 3.05) is 6.54 Å². The second-order valence-electron chi connectivity index (χ2n) is 5.88. The second kappa shape index (κ2) is 6.57. The predicted octanol–water partition coefficient (Wildman–Crippen LogP) is 4.30. The van der Waals surface area contributed by atoms with Crippen LogP contribution in [-0.2, 0) is 0 Å². The lowest BCUT2D eigenvalue weighted by molar-refractivity contribution is 0.0689. The summed E-state index contributed by atoms with van der Waals surface area (Å²) < 4.78 is 0.862. The topological polar surface area (TPSA) is 29.3 Å². The van der Waals surface area contributed by atoms with Crippen molar-refractivity contribution in [1.82, 2.24) is 4.90 Å². The van der Waals surface area contributed by atoms with E-state index in [1.165, 1.54) is 17.7 Å². The van der Waals surface area contributed by atoms with Gasteiger partial charge >= 0.3 is 0 Å². The lowest BCUT2D eigenvalue weighted by Gasteiger charge is -2.43. The summed E-state index contributed by atoms with van der Waals surface area (Å²) in [4.78, 5) is 3.91. The molecule has 19 heavy (non-hydrogen) atoms. The Morgan fingerprint density at radius 2 is 2.21 bits per heavy atom. The maximum Gasteiger partial charge on any atom is 0.0931 e. The first-order valence-corrected chi connectivity index (χ1v) is 8.49. The Hall–Kier alpha value is -0.0900. The van der Waals surface area contributed by atoms with E-state index in [9.17, 15) is 0 Å². The van der Waals surface area contributed by atoms with Crippen molar-refractivity contribution in [3.63, 3.8) is 0 Å². The van der Waals surface area contributed by atoms with Crippen molar-refractivity contribution in [2.45, 2.75) is 58.2 Å². The van der Waals surface area contributed by atoms with Crippen LogP contribution in [0.15, 0.2) is 12.1 Å². The lowest BCUT2D eigenvalue weighted by atomic mass is 9.90. The molecule has 2 heterocycles. The van der Waals surface area contributed by atoms with Gasteiger partial charge in [0, 0.05) is 17.0 Å². The van der Waals surface area contributed by atoms with E-state index < -0.39 is 0 Å². The van der Waals surface area contributed by atoms with Crippen molar-refractivity contribution in [2.24, 2.45) is 11.7 Å². The standard InChI is InChI=1S/C15H25ClN2S/c1-4-12(17)15(13-5-6-14(16)19-13)18-8-7-10(2)9-11(18)3/h5-6,10-12,15H,4,7-9,17H2,1-3H3. The molecule has 2 N–H and O–H groups in total. The Morgan fingerprint density at radius 3 is 2.74 bits per heavy atom. The van der Waals surface area contributed by atoms with Crippen LogP contribution in [0.2, 0.25) is 4.34 Å². The van der Waals surface area contributed by atoms with E-state index in [0.717, 1.165) is 23.2 Å². The highest BCUT2D eigenvalue weighted by atomic mass is 35.5. The summed E-state index contributed by atoms with van der Waals surface area (Å²) in [5.41, 5.74) is 6.41. The van der Waals surface area contributed by atoms with Gasteiger partial charge in [-0.3, -0.25) is 4.90 Å². The van der Waals surface area contributed by atoms with Gasteiger partial charge in [0.05, 0.1) is 10.4 Å². The fourth-order valence-corrected chi connectivity index (χ4v) is 4.43. The third-order valence-electron chi connectivity index (χ3n) is 4.31. The van der Waals surface area contributed by atoms with Gasteiger partial charge in [0.1, 0.15) is 0 Å². The van der Waals surface area contributed by atoms with Crippen molar-refractivity contribution in [3.05, 3.63) is 21.3 Å². The smallest absolute Gasteiger partial charge is 0.0931 e. The highest BCUT2D eigenvalue weighted by molar-refractivity contribution is 7.16. The Morgan fingerprint density at radius 1 is 1.47 bits per heavy atom. The van der Waals surface area contributed by atoms with Crippen LogP contribution in [0.3, 0.4) is 0 Å². The van der Waals surface area contributed by atoms with E-state index in [4.69, 9.17) is 17.3 Å². The van der Waals surface area contributed by atoms with E-state index in [1.807, 2.05) is 6.07 Å². The number of thiophene rings is 1. The fourth-order valence-electron chi connectivity index (χ4n) is 3.17. The lowest BCUT2D eigenvalue weighted by Crippen LogP contribution is -2.48. The van der Waals surface area contributed by atoms with Gasteiger partial charge in [-0.1, -0.05) is 25.4 Å². The molecule has 4 heteroatoms. The number of halogens is 1. The monoisotopic (exact) mass is 300 g/mol. The van der Waals surface area contributed by atoms with Gasteiger partial charge in [0.25, 0.3) is 0 Å². The molecular weight excluding hydrogens is 276 g/mol. The largest absolute Gasteiger partial charge is 0.326 e. The minimum absolute atomic E-state index is 0.186. The maximum atomic E-state index is 6.41. The van der Waals surface area contributed by atoms with Gasteiger partial charge < -0.3 is 5.73 Å². The molecule has 108 valence electrons. The molecular formula is C15H25ClN2S. The van der Waals surface area contributed by atoms with Crippen LogP contribution < -0.4 is 5.73 Å². The highest BCUT2D eigenvalue weighted by Crippen LogP contribution is 2.37. The van der Waals surface area contributed by atoms with E-state index in [0.29, 0.717) is 12.1 Å². The number of likely N-dealkylation sites (tertiary alicyclic amines) is 1. The van der Waals surface area contributed by atoms with Crippen LogP contribution in [0.4, 0.5) is 0 Å². The first-order chi connectivity index (χ1) is 9.02. The zero-order chi connectivity index (χ0) is 14.0. The third-order valence-corrected chi connectivity index (χ3v) is 5.61. The third kappa shape index (κ3) is 3.52. The number of piperidine rings is 1. The van der Waals surface area contributed by atoms with Gasteiger partial charge in [-0.05, 0) is 50.8 Å². The Bertz CT molecular complexity index is 407. The van der Waals surface area contributed by atoms with E-state index in [1.54, 1.807) is 11.3 Å². The Balaban J connectivity index is 2.22. The van der Waals surface area contributed by atoms with Crippen LogP contribution in [0.5, 0.6) is 0 Å². The van der Waals surface area contributed by atoms with Gasteiger partial charge in [0.2, 0.25) is 0 Å². The van der Waals surface area contributed by atoms with E-state index in [-0.39, 0.29) is 6.04 Å². The number of hydrogen-bond donors (Lipinski definition) is 1. The van der Waals surface area contributed by atoms with Crippen LogP contribution in [-0.4, -0.2) is 23.5 Å². The predicted molar refractivity (Wildman–Crippen MR) is 84.9 cm³/mol. The Kier molecular flexibility index (Phi) is 5.29. The molecule has 0 amide bonds. The molecule has 0 saturated carbocycles. The van der Waals surface area contributed by atoms with Crippen molar-refractivity contribution in [3.8, 4) is 0 Å². The zero-order valence-corrected chi connectivity index (χ0v) is 13.7. The first kappa shape index (κ1) is 15.3. The summed E-state index contributed by atoms with van der Waals surface area (Å²) >= 11 is 7.79. The maximum absolute atomic E-state index is 6.41. The SMILES string of the molecule is CCC(N)C(c1ccc(Cl)s1)N1CCC(C)CC1C. The molecule has 0 radical (unpaired) electrons. The minimum atomic E-state index is 0.186. The fraction of sp³-hybridized carbons (Fsp3) is 0.733. The summed E-state index contributed by atoms with van der Waals surface area (Å²) in [7, 11) is 0. The molecule has 4 atom stereocenters. The average molecular weight is 301 g/mol. The minimum Gasteiger partial charge on any atom is -0.326 e. The molecule has 2 rings (SSSR count). The summed E-state index contributed by atoms with van der Waals surface area (Å²) in [6, 6.07) is 5.26. The van der Waals surface area contributed by atoms with Crippen LogP contribution in [0.25, 0.3) is 0 Å². The van der Waals surface area contributed by atoms with Gasteiger partial charge in [-0.25, -0.2) is 0 Å². The van der Waals surface area contributed by atoms with E-state index in [2.05, 4.69) is 31.7 Å². The molecule has 2 nitrogen and oxygen atoms in total. The van der Waals surface area contributed by atoms with Crippen molar-refractivity contribution in [1.29, 1.82) is 0 Å². The summed E-state index contributed by atoms with van der Waals surface area (Å²) in [6.07, 6.45) is 3.54. The number of nitrogens with zero attached hydrogens (tertiary/aromatic N) is 1. The molecule has 1 saturated heterocycles. The van der Waals surface area contributed by atoms with Crippen molar-refractivity contribution < 1.29 is 0 Å². The molecule has 0 aromatic carbocycles. The molecule has 1 aliphatic rings. The first-order valence-electron chi connectivity index (χ1n) is 7.29. The summed E-state index contributed by atoms with van der Waals surface area (Å²) in [6.45, 7) is 8.01. The number of nitrogens with two attached hydrogens (primary N) is 1. The van der Waals surface area contributed by atoms with Crippen LogP contribution in [0.1, 0.15) is 51.0 Å². The number of rotatable bonds is 4. The van der Waals surface area contributed by atoms with Crippen LogP contribution >= 0.6 is 22.9 Å². The van der Waals surface area contributed by atoms with Gasteiger partial charge in [0.15, 0.2) is 0 Å². The molecule has 1 fully saturated rings. The van der Waals surface area contributed by atoms with E-state index >= 15 is 0 Å². The number of hydrogen-bond acceptors (Lipinski definition) is 3. The highest BCUT2D eigenvalue weighted by Gasteiger charge is 2.33. The molecule has 0 bridgehead atoms. The second-order valence-corrected chi connectivity index (χ2v) is 7.62. The molecule has 1 aromatic heterocycles. The molecule has 0 spiro atoms. The van der Waals surface area contributed by atoms with Crippen molar-refractivity contribution >= 4 is 22.9 Å². The van der Waals surface area contributed by atoms with Gasteiger partial charge in [-0.2, -0.15) is 0 Å². The Labute approximate surface area is 125 Å². The zero-order valence-electron chi connectivity index (χ0n) is 12.1.